The Kier molecular flexibility index (Phi) is 17.4. The van der Waals surface area contributed by atoms with E-state index in [2.05, 4.69) is 88.1 Å². The van der Waals surface area contributed by atoms with Gasteiger partial charge in [0.05, 0.1) is 25.7 Å². The van der Waals surface area contributed by atoms with E-state index in [0.717, 1.165) is 62.4 Å². The average molecular weight is 653 g/mol. The van der Waals surface area contributed by atoms with Crippen LogP contribution < -0.4 is 0 Å². The van der Waals surface area contributed by atoms with Gasteiger partial charge in [-0.15, -0.1) is 0 Å². The number of carbonyl (C=O) groups is 2. The highest BCUT2D eigenvalue weighted by atomic mass is 28.5. The Balaban J connectivity index is 4.61. The topological polar surface area (TPSA) is 98.8 Å². The molecule has 0 unspecified atom stereocenters. The number of hydrogen-bond donors (Lipinski definition) is 0. The van der Waals surface area contributed by atoms with Gasteiger partial charge in [0, 0.05) is 0 Å². The molecule has 0 saturated heterocycles. The van der Waals surface area contributed by atoms with Gasteiger partial charge in [-0.05, 0) is 102 Å². The van der Waals surface area contributed by atoms with Crippen LogP contribution in [0, 0.1) is 0 Å². The summed E-state index contributed by atoms with van der Waals surface area (Å²) in [5.74, 6) is 0. The van der Waals surface area contributed by atoms with Crippen molar-refractivity contribution in [1.82, 2.24) is 0 Å². The summed E-state index contributed by atoms with van der Waals surface area (Å²) in [7, 11) is -9.91. The van der Waals surface area contributed by atoms with Gasteiger partial charge in [0.15, 0.2) is 33.3 Å². The van der Waals surface area contributed by atoms with E-state index in [1.54, 1.807) is 0 Å². The molecule has 0 atom stereocenters. The van der Waals surface area contributed by atoms with Gasteiger partial charge in [-0.1, -0.05) is 26.0 Å². The standard InChI is InChI=1S/C26H56O9Si5/c1-13-29-25(27)31-19-15-17-21-36(3,4)33-38(7,8)23-24-39(9,10)35-40(11,12)34-37(5,6)22-18-16-20-32-26(28)30-14-2/h13-14H,1-2,15-24H2,3-12H3. The summed E-state index contributed by atoms with van der Waals surface area (Å²) >= 11 is 0. The molecule has 14 heteroatoms. The summed E-state index contributed by atoms with van der Waals surface area (Å²) < 4.78 is 39.5. The van der Waals surface area contributed by atoms with Crippen LogP contribution in [0.15, 0.2) is 25.7 Å². The van der Waals surface area contributed by atoms with Crippen molar-refractivity contribution in [3.05, 3.63) is 25.7 Å². The van der Waals surface area contributed by atoms with Crippen molar-refractivity contribution >= 4 is 54.1 Å². The van der Waals surface area contributed by atoms with Crippen molar-refractivity contribution in [2.45, 2.75) is 115 Å². The first-order valence-corrected chi connectivity index (χ1v) is 29.5. The quantitative estimate of drug-likeness (QED) is 0.0522. The highest BCUT2D eigenvalue weighted by Gasteiger charge is 2.41. The molecule has 0 aliphatic heterocycles. The van der Waals surface area contributed by atoms with Crippen molar-refractivity contribution in [2.24, 2.45) is 0 Å². The highest BCUT2D eigenvalue weighted by molar-refractivity contribution is 6.89. The fourth-order valence-corrected chi connectivity index (χ4v) is 30.6. The van der Waals surface area contributed by atoms with Gasteiger partial charge >= 0.3 is 20.9 Å². The molecule has 0 saturated carbocycles. The minimum atomic E-state index is -2.31. The highest BCUT2D eigenvalue weighted by Crippen LogP contribution is 2.30. The van der Waals surface area contributed by atoms with Crippen molar-refractivity contribution in [2.75, 3.05) is 13.2 Å². The zero-order valence-electron chi connectivity index (χ0n) is 26.8. The third-order valence-electron chi connectivity index (χ3n) is 6.07. The fraction of sp³-hybridized carbons (Fsp3) is 0.769. The third kappa shape index (κ3) is 20.8. The maximum Gasteiger partial charge on any atom is 0.513 e. The molecule has 0 aromatic carbocycles. The van der Waals surface area contributed by atoms with Gasteiger partial charge in [-0.3, -0.25) is 0 Å². The van der Waals surface area contributed by atoms with E-state index >= 15 is 0 Å². The van der Waals surface area contributed by atoms with E-state index in [1.807, 2.05) is 0 Å². The number of unbranched alkanes of at least 4 members (excludes halogenated alkanes) is 2. The zero-order chi connectivity index (χ0) is 31.1. The van der Waals surface area contributed by atoms with Crippen LogP contribution in [-0.4, -0.2) is 67.4 Å². The van der Waals surface area contributed by atoms with E-state index in [9.17, 15) is 9.59 Å². The Hall–Kier alpha value is -1.02. The van der Waals surface area contributed by atoms with Crippen LogP contribution in [0.3, 0.4) is 0 Å². The van der Waals surface area contributed by atoms with Crippen LogP contribution in [0.4, 0.5) is 9.59 Å². The van der Waals surface area contributed by atoms with Crippen LogP contribution in [0.5, 0.6) is 0 Å². The van der Waals surface area contributed by atoms with Crippen molar-refractivity contribution in [3.8, 4) is 0 Å². The number of rotatable bonds is 21. The molecular weight excluding hydrogens is 597 g/mol. The van der Waals surface area contributed by atoms with Crippen molar-refractivity contribution < 1.29 is 40.9 Å². The number of hydrogen-bond acceptors (Lipinski definition) is 9. The SMILES string of the molecule is C=COC(=O)OCCCC[Si](C)(C)O[Si](C)(C)CC[Si](C)(C)O[Si](C)(C)O[Si](C)(C)CCCCOC(=O)OC=C. The predicted molar refractivity (Wildman–Crippen MR) is 174 cm³/mol. The van der Waals surface area contributed by atoms with E-state index in [4.69, 9.17) is 21.8 Å². The molecule has 0 aromatic rings. The van der Waals surface area contributed by atoms with Crippen LogP contribution >= 0.6 is 0 Å². The first-order chi connectivity index (χ1) is 18.2. The number of carbonyl (C=O) groups excluding carboxylic acids is 2. The second-order valence-electron chi connectivity index (χ2n) is 12.9. The van der Waals surface area contributed by atoms with E-state index in [0.29, 0.717) is 13.2 Å². The smallest absolute Gasteiger partial charge is 0.456 e. The minimum absolute atomic E-state index is 0.330. The van der Waals surface area contributed by atoms with Gasteiger partial charge in [0.25, 0.3) is 0 Å². The Morgan fingerprint density at radius 3 is 1.23 bits per heavy atom. The van der Waals surface area contributed by atoms with E-state index in [-0.39, 0.29) is 0 Å². The normalized spacial score (nSPS) is 12.9. The van der Waals surface area contributed by atoms with Crippen LogP contribution in [0.2, 0.25) is 89.6 Å². The Labute approximate surface area is 248 Å². The molecule has 0 aromatic heterocycles. The molecule has 0 aliphatic rings. The molecule has 0 radical (unpaired) electrons. The van der Waals surface area contributed by atoms with Crippen molar-refractivity contribution in [1.29, 1.82) is 0 Å². The Morgan fingerprint density at radius 1 is 0.525 bits per heavy atom. The monoisotopic (exact) mass is 652 g/mol. The summed E-state index contributed by atoms with van der Waals surface area (Å²) in [6.07, 6.45) is 4.17. The van der Waals surface area contributed by atoms with Gasteiger partial charge in [0.1, 0.15) is 0 Å². The zero-order valence-corrected chi connectivity index (χ0v) is 31.8. The Bertz CT molecular complexity index is 801. The average Bonchev–Trinajstić information content (AvgIpc) is 2.75. The molecule has 0 fully saturated rings. The summed E-state index contributed by atoms with van der Waals surface area (Å²) in [4.78, 5) is 22.5. The van der Waals surface area contributed by atoms with Gasteiger partial charge in [-0.25, -0.2) is 9.59 Å². The molecule has 0 aliphatic carbocycles. The molecule has 0 spiro atoms. The fourth-order valence-electron chi connectivity index (χ4n) is 4.73. The predicted octanol–water partition coefficient (Wildman–Crippen LogP) is 8.71. The van der Waals surface area contributed by atoms with Crippen LogP contribution in [-0.2, 0) is 31.3 Å². The lowest BCUT2D eigenvalue weighted by Crippen LogP contribution is -2.53. The van der Waals surface area contributed by atoms with E-state index < -0.39 is 54.1 Å². The summed E-state index contributed by atoms with van der Waals surface area (Å²) in [6.45, 7) is 30.0. The molecule has 9 nitrogen and oxygen atoms in total. The molecule has 0 amide bonds. The Morgan fingerprint density at radius 2 is 0.850 bits per heavy atom. The van der Waals surface area contributed by atoms with Gasteiger partial charge < -0.3 is 31.3 Å². The lowest BCUT2D eigenvalue weighted by atomic mass is 10.4. The van der Waals surface area contributed by atoms with Gasteiger partial charge in [0.2, 0.25) is 0 Å². The molecule has 234 valence electrons. The molecule has 0 heterocycles. The molecule has 40 heavy (non-hydrogen) atoms. The lowest BCUT2D eigenvalue weighted by Gasteiger charge is -2.40. The molecule has 0 rings (SSSR count). The first-order valence-electron chi connectivity index (χ1n) is 14.2. The molecular formula is C26H56O9Si5. The molecule has 0 N–H and O–H groups in total. The summed E-state index contributed by atoms with van der Waals surface area (Å²) in [5, 5.41) is 0. The second kappa shape index (κ2) is 17.8. The first kappa shape index (κ1) is 39.0. The van der Waals surface area contributed by atoms with E-state index in [1.165, 1.54) is 0 Å². The maximum atomic E-state index is 11.2. The third-order valence-corrected chi connectivity index (χ3v) is 25.4. The minimum Gasteiger partial charge on any atom is -0.456 e. The van der Waals surface area contributed by atoms with Crippen LogP contribution in [0.1, 0.15) is 25.7 Å². The van der Waals surface area contributed by atoms with Crippen LogP contribution in [0.25, 0.3) is 0 Å². The maximum absolute atomic E-state index is 11.2. The van der Waals surface area contributed by atoms with Crippen molar-refractivity contribution in [3.63, 3.8) is 0 Å². The summed E-state index contributed by atoms with van der Waals surface area (Å²) in [6, 6.07) is 4.13. The molecule has 0 bridgehead atoms. The summed E-state index contributed by atoms with van der Waals surface area (Å²) in [5.41, 5.74) is 0. The largest absolute Gasteiger partial charge is 0.513 e. The lowest BCUT2D eigenvalue weighted by molar-refractivity contribution is 0.0827. The number of ether oxygens (including phenoxy) is 4. The second-order valence-corrected chi connectivity index (χ2v) is 34.3. The van der Waals surface area contributed by atoms with Gasteiger partial charge in [-0.2, -0.15) is 0 Å².